The number of piperidine rings is 1. The molecule has 3 aromatic carbocycles. The molecule has 1 saturated heterocycles. The highest BCUT2D eigenvalue weighted by atomic mass is 19.1. The zero-order valence-electron chi connectivity index (χ0n) is 18.8. The van der Waals surface area contributed by atoms with Crippen LogP contribution < -0.4 is 0 Å². The van der Waals surface area contributed by atoms with Gasteiger partial charge in [0.05, 0.1) is 11.6 Å². The highest BCUT2D eigenvalue weighted by molar-refractivity contribution is 5.94. The van der Waals surface area contributed by atoms with Gasteiger partial charge in [-0.3, -0.25) is 9.59 Å². The Bertz CT molecular complexity index is 1160. The quantitative estimate of drug-likeness (QED) is 0.518. The summed E-state index contributed by atoms with van der Waals surface area (Å²) in [7, 11) is 1.73. The second kappa shape index (κ2) is 10.1. The van der Waals surface area contributed by atoms with E-state index in [4.69, 9.17) is 0 Å². The van der Waals surface area contributed by atoms with Crippen LogP contribution in [0.2, 0.25) is 0 Å². The Hall–Kier alpha value is -3.61. The molecule has 0 spiro atoms. The smallest absolute Gasteiger partial charge is 0.256 e. The molecule has 1 atom stereocenters. The molecule has 7 heteroatoms. The summed E-state index contributed by atoms with van der Waals surface area (Å²) < 4.78 is 40.7. The maximum atomic E-state index is 14.0. The van der Waals surface area contributed by atoms with Gasteiger partial charge >= 0.3 is 0 Å². The van der Waals surface area contributed by atoms with Crippen LogP contribution in [0.15, 0.2) is 72.8 Å². The van der Waals surface area contributed by atoms with Crippen molar-refractivity contribution >= 4 is 11.8 Å². The first kappa shape index (κ1) is 23.5. The molecule has 1 heterocycles. The lowest BCUT2D eigenvalue weighted by Crippen LogP contribution is -2.44. The van der Waals surface area contributed by atoms with Crippen molar-refractivity contribution in [2.24, 2.45) is 5.92 Å². The molecular weight excluding hydrogens is 441 g/mol. The zero-order valence-corrected chi connectivity index (χ0v) is 18.8. The Balaban J connectivity index is 1.47. The second-order valence-corrected chi connectivity index (χ2v) is 8.50. The van der Waals surface area contributed by atoms with E-state index in [2.05, 4.69) is 0 Å². The number of rotatable bonds is 5. The topological polar surface area (TPSA) is 40.6 Å². The highest BCUT2D eigenvalue weighted by Gasteiger charge is 2.33. The first-order valence-electron chi connectivity index (χ1n) is 11.2. The van der Waals surface area contributed by atoms with Crippen molar-refractivity contribution in [1.82, 2.24) is 9.80 Å². The van der Waals surface area contributed by atoms with Crippen LogP contribution >= 0.6 is 0 Å². The predicted molar refractivity (Wildman–Crippen MR) is 122 cm³/mol. The summed E-state index contributed by atoms with van der Waals surface area (Å²) in [5, 5.41) is 0. The van der Waals surface area contributed by atoms with Crippen LogP contribution in [0.25, 0.3) is 0 Å². The summed E-state index contributed by atoms with van der Waals surface area (Å²) in [5.74, 6) is -2.87. The van der Waals surface area contributed by atoms with Gasteiger partial charge in [-0.15, -0.1) is 0 Å². The molecule has 0 radical (unpaired) electrons. The van der Waals surface area contributed by atoms with Crippen molar-refractivity contribution in [3.05, 3.63) is 107 Å². The molecule has 0 aliphatic carbocycles. The summed E-state index contributed by atoms with van der Waals surface area (Å²) in [5.41, 5.74) is 1.52. The van der Waals surface area contributed by atoms with E-state index in [1.165, 1.54) is 17.0 Å². The fourth-order valence-corrected chi connectivity index (χ4v) is 4.50. The lowest BCUT2D eigenvalue weighted by Gasteiger charge is -2.36. The monoisotopic (exact) mass is 466 g/mol. The van der Waals surface area contributed by atoms with E-state index in [0.29, 0.717) is 32.0 Å². The number of carbonyl (C=O) groups excluding carboxylic acids is 2. The van der Waals surface area contributed by atoms with Crippen molar-refractivity contribution in [1.29, 1.82) is 0 Å². The molecule has 1 aliphatic rings. The molecular formula is C27H25F3N2O2. The normalized spacial score (nSPS) is 15.1. The van der Waals surface area contributed by atoms with E-state index in [1.807, 2.05) is 30.3 Å². The van der Waals surface area contributed by atoms with Crippen LogP contribution in [0.1, 0.15) is 40.4 Å². The number of hydrogen-bond acceptors (Lipinski definition) is 2. The van der Waals surface area contributed by atoms with Crippen molar-refractivity contribution < 1.29 is 22.8 Å². The maximum absolute atomic E-state index is 14.0. The van der Waals surface area contributed by atoms with Gasteiger partial charge < -0.3 is 9.80 Å². The van der Waals surface area contributed by atoms with Gasteiger partial charge in [0.15, 0.2) is 0 Å². The van der Waals surface area contributed by atoms with Gasteiger partial charge in [0.25, 0.3) is 5.91 Å². The summed E-state index contributed by atoms with van der Waals surface area (Å²) >= 11 is 0. The summed E-state index contributed by atoms with van der Waals surface area (Å²) in [6.45, 7) is 0.596. The number of benzene rings is 3. The van der Waals surface area contributed by atoms with Crippen molar-refractivity contribution in [2.75, 3.05) is 20.1 Å². The van der Waals surface area contributed by atoms with E-state index in [0.717, 1.165) is 23.3 Å². The number of amides is 2. The van der Waals surface area contributed by atoms with Crippen molar-refractivity contribution in [3.63, 3.8) is 0 Å². The summed E-state index contributed by atoms with van der Waals surface area (Å²) in [6, 6.07) is 18.1. The molecule has 0 N–H and O–H groups in total. The predicted octanol–water partition coefficient (Wildman–Crippen LogP) is 5.20. The molecule has 4 rings (SSSR count). The SMILES string of the molecule is CN(C(=O)C1CCN(C(=O)c2ccc(F)cc2F)CC1)C(c1ccccc1)c1ccc(F)cc1. The van der Waals surface area contributed by atoms with Crippen molar-refractivity contribution in [3.8, 4) is 0 Å². The first-order chi connectivity index (χ1) is 16.3. The molecule has 0 saturated carbocycles. The third-order valence-electron chi connectivity index (χ3n) is 6.33. The standard InChI is InChI=1S/C27H25F3N2O2/c1-31(25(18-5-3-2-4-6-18)19-7-9-21(28)10-8-19)26(33)20-13-15-32(16-14-20)27(34)23-12-11-22(29)17-24(23)30/h2-12,17,20,25H,13-16H2,1H3. The zero-order chi connectivity index (χ0) is 24.2. The lowest BCUT2D eigenvalue weighted by atomic mass is 9.92. The number of hydrogen-bond donors (Lipinski definition) is 0. The Kier molecular flexibility index (Phi) is 7.01. The first-order valence-corrected chi connectivity index (χ1v) is 11.2. The molecule has 0 aromatic heterocycles. The number of carbonyl (C=O) groups is 2. The van der Waals surface area contributed by atoms with Gasteiger partial charge in [-0.25, -0.2) is 13.2 Å². The fraction of sp³-hybridized carbons (Fsp3) is 0.259. The van der Waals surface area contributed by atoms with Crippen LogP contribution in [0.4, 0.5) is 13.2 Å². The van der Waals surface area contributed by atoms with E-state index >= 15 is 0 Å². The molecule has 1 fully saturated rings. The average Bonchev–Trinajstić information content (AvgIpc) is 2.85. The van der Waals surface area contributed by atoms with Gasteiger partial charge in [0.2, 0.25) is 5.91 Å². The van der Waals surface area contributed by atoms with E-state index in [-0.39, 0.29) is 29.2 Å². The molecule has 2 amide bonds. The lowest BCUT2D eigenvalue weighted by molar-refractivity contribution is -0.137. The minimum absolute atomic E-state index is 0.0711. The third kappa shape index (κ3) is 4.98. The van der Waals surface area contributed by atoms with Crippen LogP contribution in [0, 0.1) is 23.4 Å². The minimum atomic E-state index is -0.895. The van der Waals surface area contributed by atoms with Gasteiger partial charge in [0.1, 0.15) is 17.5 Å². The van der Waals surface area contributed by atoms with E-state index in [9.17, 15) is 22.8 Å². The largest absolute Gasteiger partial charge is 0.339 e. The molecule has 1 aliphatic heterocycles. The molecule has 1 unspecified atom stereocenters. The molecule has 4 nitrogen and oxygen atoms in total. The van der Waals surface area contributed by atoms with Crippen LogP contribution in [-0.4, -0.2) is 41.8 Å². The Morgan fingerprint density at radius 3 is 2.06 bits per heavy atom. The van der Waals surface area contributed by atoms with Gasteiger partial charge in [-0.05, 0) is 48.2 Å². The number of likely N-dealkylation sites (tertiary alicyclic amines) is 1. The summed E-state index contributed by atoms with van der Waals surface area (Å²) in [4.78, 5) is 29.3. The molecule has 176 valence electrons. The highest BCUT2D eigenvalue weighted by Crippen LogP contribution is 2.31. The molecule has 0 bridgehead atoms. The number of halogens is 3. The molecule has 34 heavy (non-hydrogen) atoms. The maximum Gasteiger partial charge on any atom is 0.256 e. The Morgan fingerprint density at radius 2 is 1.44 bits per heavy atom. The minimum Gasteiger partial charge on any atom is -0.339 e. The van der Waals surface area contributed by atoms with Crippen LogP contribution in [0.5, 0.6) is 0 Å². The third-order valence-corrected chi connectivity index (χ3v) is 6.33. The van der Waals surface area contributed by atoms with Crippen LogP contribution in [-0.2, 0) is 4.79 Å². The second-order valence-electron chi connectivity index (χ2n) is 8.50. The van der Waals surface area contributed by atoms with Crippen molar-refractivity contribution in [2.45, 2.75) is 18.9 Å². The number of nitrogens with zero attached hydrogens (tertiary/aromatic N) is 2. The van der Waals surface area contributed by atoms with Gasteiger partial charge in [-0.1, -0.05) is 42.5 Å². The fourth-order valence-electron chi connectivity index (χ4n) is 4.50. The molecule has 3 aromatic rings. The van der Waals surface area contributed by atoms with Gasteiger partial charge in [0, 0.05) is 32.1 Å². The average molecular weight is 467 g/mol. The summed E-state index contributed by atoms with van der Waals surface area (Å²) in [6.07, 6.45) is 0.866. The van der Waals surface area contributed by atoms with E-state index < -0.39 is 17.5 Å². The van der Waals surface area contributed by atoms with Gasteiger partial charge in [-0.2, -0.15) is 0 Å². The van der Waals surface area contributed by atoms with E-state index in [1.54, 1.807) is 24.1 Å². The van der Waals surface area contributed by atoms with Crippen LogP contribution in [0.3, 0.4) is 0 Å². The Labute approximate surface area is 196 Å². The Morgan fingerprint density at radius 1 is 0.853 bits per heavy atom.